The quantitative estimate of drug-likeness (QED) is 0.801. The van der Waals surface area contributed by atoms with E-state index in [1.54, 1.807) is 12.1 Å². The molecule has 3 rings (SSSR count). The van der Waals surface area contributed by atoms with Crippen LogP contribution in [0.1, 0.15) is 37.2 Å². The highest BCUT2D eigenvalue weighted by molar-refractivity contribution is 5.46. The molecule has 0 aliphatic heterocycles. The van der Waals surface area contributed by atoms with Crippen molar-refractivity contribution in [3.8, 4) is 5.75 Å². The normalized spacial score (nSPS) is 22.4. The van der Waals surface area contributed by atoms with Gasteiger partial charge < -0.3 is 10.4 Å². The van der Waals surface area contributed by atoms with Crippen LogP contribution in [-0.4, -0.2) is 11.1 Å². The van der Waals surface area contributed by atoms with Gasteiger partial charge in [-0.05, 0) is 61.4 Å². The van der Waals surface area contributed by atoms with Crippen LogP contribution in [-0.2, 0) is 0 Å². The highest BCUT2D eigenvalue weighted by atomic mass is 16.3. The second-order valence-corrected chi connectivity index (χ2v) is 5.65. The van der Waals surface area contributed by atoms with Crippen molar-refractivity contribution in [2.75, 3.05) is 5.32 Å². The van der Waals surface area contributed by atoms with Crippen LogP contribution >= 0.6 is 0 Å². The number of anilines is 1. The van der Waals surface area contributed by atoms with Gasteiger partial charge in [0.15, 0.2) is 0 Å². The molecule has 1 fully saturated rings. The van der Waals surface area contributed by atoms with Crippen molar-refractivity contribution in [2.45, 2.75) is 37.6 Å². The summed E-state index contributed by atoms with van der Waals surface area (Å²) in [6.45, 7) is 0. The Morgan fingerprint density at radius 3 is 2.10 bits per heavy atom. The van der Waals surface area contributed by atoms with Gasteiger partial charge in [0.1, 0.15) is 5.75 Å². The monoisotopic (exact) mass is 267 g/mol. The van der Waals surface area contributed by atoms with Crippen molar-refractivity contribution >= 4 is 5.69 Å². The van der Waals surface area contributed by atoms with Gasteiger partial charge in [0.05, 0.1) is 0 Å². The lowest BCUT2D eigenvalue weighted by molar-refractivity contribution is 0.412. The van der Waals surface area contributed by atoms with E-state index in [1.165, 1.54) is 31.2 Å². The molecule has 0 unspecified atom stereocenters. The van der Waals surface area contributed by atoms with Crippen molar-refractivity contribution in [1.82, 2.24) is 0 Å². The van der Waals surface area contributed by atoms with Gasteiger partial charge >= 0.3 is 0 Å². The fourth-order valence-corrected chi connectivity index (χ4v) is 3.09. The maximum atomic E-state index is 9.30. The van der Waals surface area contributed by atoms with Crippen LogP contribution in [0.3, 0.4) is 0 Å². The number of rotatable bonds is 3. The highest BCUT2D eigenvalue weighted by Gasteiger charge is 2.21. The van der Waals surface area contributed by atoms with Crippen LogP contribution in [0.25, 0.3) is 0 Å². The lowest BCUT2D eigenvalue weighted by Gasteiger charge is -2.30. The smallest absolute Gasteiger partial charge is 0.115 e. The van der Waals surface area contributed by atoms with Gasteiger partial charge in [0.25, 0.3) is 0 Å². The van der Waals surface area contributed by atoms with Crippen molar-refractivity contribution in [2.24, 2.45) is 0 Å². The van der Waals surface area contributed by atoms with E-state index in [0.29, 0.717) is 17.7 Å². The van der Waals surface area contributed by atoms with Crippen LogP contribution in [0.15, 0.2) is 54.6 Å². The number of phenolic OH excluding ortho intramolecular Hbond substituents is 1. The zero-order valence-corrected chi connectivity index (χ0v) is 11.6. The summed E-state index contributed by atoms with van der Waals surface area (Å²) in [4.78, 5) is 0. The summed E-state index contributed by atoms with van der Waals surface area (Å²) in [5.41, 5.74) is 2.58. The topological polar surface area (TPSA) is 32.3 Å². The molecule has 104 valence electrons. The second kappa shape index (κ2) is 6.00. The van der Waals surface area contributed by atoms with Gasteiger partial charge in [-0.2, -0.15) is 0 Å². The molecule has 0 saturated heterocycles. The third kappa shape index (κ3) is 3.13. The molecule has 1 aliphatic rings. The number of hydrogen-bond donors (Lipinski definition) is 2. The van der Waals surface area contributed by atoms with Gasteiger partial charge in [0.2, 0.25) is 0 Å². The van der Waals surface area contributed by atoms with E-state index < -0.39 is 0 Å². The number of nitrogens with one attached hydrogen (secondary N) is 1. The summed E-state index contributed by atoms with van der Waals surface area (Å²) in [6.07, 6.45) is 4.92. The average molecular weight is 267 g/mol. The van der Waals surface area contributed by atoms with E-state index in [2.05, 4.69) is 35.6 Å². The minimum atomic E-state index is 0.323. The molecule has 1 saturated carbocycles. The summed E-state index contributed by atoms with van der Waals surface area (Å²) in [6, 6.07) is 18.8. The fourth-order valence-electron chi connectivity index (χ4n) is 3.09. The highest BCUT2D eigenvalue weighted by Crippen LogP contribution is 2.33. The molecule has 2 N–H and O–H groups in total. The van der Waals surface area contributed by atoms with Gasteiger partial charge in [-0.3, -0.25) is 0 Å². The summed E-state index contributed by atoms with van der Waals surface area (Å²) < 4.78 is 0. The maximum absolute atomic E-state index is 9.30. The summed E-state index contributed by atoms with van der Waals surface area (Å²) >= 11 is 0. The first-order valence-electron chi connectivity index (χ1n) is 7.42. The Hall–Kier alpha value is -1.96. The minimum Gasteiger partial charge on any atom is -0.508 e. The predicted octanol–water partition coefficient (Wildman–Crippen LogP) is 4.53. The Kier molecular flexibility index (Phi) is 3.91. The number of benzene rings is 2. The zero-order chi connectivity index (χ0) is 13.8. The first-order chi connectivity index (χ1) is 9.81. The van der Waals surface area contributed by atoms with E-state index in [0.717, 1.165) is 5.69 Å². The average Bonchev–Trinajstić information content (AvgIpc) is 2.51. The summed E-state index contributed by atoms with van der Waals surface area (Å²) in [5.74, 6) is 1.04. The molecule has 0 spiro atoms. The van der Waals surface area contributed by atoms with Crippen LogP contribution in [0.4, 0.5) is 5.69 Å². The Balaban J connectivity index is 1.55. The van der Waals surface area contributed by atoms with E-state index in [4.69, 9.17) is 0 Å². The molecule has 20 heavy (non-hydrogen) atoms. The van der Waals surface area contributed by atoms with E-state index in [-0.39, 0.29) is 0 Å². The van der Waals surface area contributed by atoms with Crippen LogP contribution in [0.2, 0.25) is 0 Å². The van der Waals surface area contributed by atoms with Crippen molar-refractivity contribution < 1.29 is 5.11 Å². The molecule has 0 heterocycles. The molecular weight excluding hydrogens is 246 g/mol. The predicted molar refractivity (Wildman–Crippen MR) is 83.2 cm³/mol. The first-order valence-corrected chi connectivity index (χ1v) is 7.42. The van der Waals surface area contributed by atoms with Crippen molar-refractivity contribution in [3.63, 3.8) is 0 Å². The van der Waals surface area contributed by atoms with Crippen LogP contribution in [0, 0.1) is 0 Å². The fraction of sp³-hybridized carbons (Fsp3) is 0.333. The first kappa shape index (κ1) is 13.0. The van der Waals surface area contributed by atoms with E-state index in [9.17, 15) is 5.11 Å². The second-order valence-electron chi connectivity index (χ2n) is 5.65. The molecule has 0 bridgehead atoms. The molecule has 0 atom stereocenters. The van der Waals surface area contributed by atoms with E-state index in [1.807, 2.05) is 12.1 Å². The lowest BCUT2D eigenvalue weighted by Crippen LogP contribution is -2.25. The van der Waals surface area contributed by atoms with Gasteiger partial charge in [-0.25, -0.2) is 0 Å². The molecule has 2 nitrogen and oxygen atoms in total. The SMILES string of the molecule is Oc1ccc(NC2CCC(c3ccccc3)CC2)cc1. The third-order valence-electron chi connectivity index (χ3n) is 4.24. The largest absolute Gasteiger partial charge is 0.508 e. The molecule has 2 heteroatoms. The molecule has 2 aromatic rings. The molecule has 2 aromatic carbocycles. The number of hydrogen-bond acceptors (Lipinski definition) is 2. The molecule has 1 aliphatic carbocycles. The Morgan fingerprint density at radius 1 is 0.800 bits per heavy atom. The minimum absolute atomic E-state index is 0.323. The zero-order valence-electron chi connectivity index (χ0n) is 11.6. The maximum Gasteiger partial charge on any atom is 0.115 e. The molecule has 0 radical (unpaired) electrons. The lowest BCUT2D eigenvalue weighted by atomic mass is 9.82. The summed E-state index contributed by atoms with van der Waals surface area (Å²) in [5, 5.41) is 12.9. The molecule has 0 aromatic heterocycles. The molecular formula is C18H21NO. The summed E-state index contributed by atoms with van der Waals surface area (Å²) in [7, 11) is 0. The Morgan fingerprint density at radius 2 is 1.45 bits per heavy atom. The van der Waals surface area contributed by atoms with Gasteiger partial charge in [-0.15, -0.1) is 0 Å². The Labute approximate surface area is 120 Å². The van der Waals surface area contributed by atoms with Crippen molar-refractivity contribution in [1.29, 1.82) is 0 Å². The van der Waals surface area contributed by atoms with Crippen LogP contribution in [0.5, 0.6) is 5.75 Å². The number of aromatic hydroxyl groups is 1. The van der Waals surface area contributed by atoms with Gasteiger partial charge in [-0.1, -0.05) is 30.3 Å². The van der Waals surface area contributed by atoms with E-state index >= 15 is 0 Å². The standard InChI is InChI=1S/C18H21NO/c20-18-12-10-17(11-13-18)19-16-8-6-15(7-9-16)14-4-2-1-3-5-14/h1-5,10-13,15-16,19-20H,6-9H2. The molecule has 0 amide bonds. The van der Waals surface area contributed by atoms with Gasteiger partial charge in [0, 0.05) is 11.7 Å². The number of phenols is 1. The third-order valence-corrected chi connectivity index (χ3v) is 4.24. The van der Waals surface area contributed by atoms with Crippen LogP contribution < -0.4 is 5.32 Å². The van der Waals surface area contributed by atoms with Crippen molar-refractivity contribution in [3.05, 3.63) is 60.2 Å². The Bertz CT molecular complexity index is 527.